The summed E-state index contributed by atoms with van der Waals surface area (Å²) in [6.07, 6.45) is 1.18. The largest absolute Gasteiger partial charge is 0.496 e. The van der Waals surface area contributed by atoms with Crippen LogP contribution >= 0.6 is 0 Å². The van der Waals surface area contributed by atoms with Crippen molar-refractivity contribution in [3.05, 3.63) is 42.0 Å². The fourth-order valence-electron chi connectivity index (χ4n) is 2.45. The Kier molecular flexibility index (Phi) is 4.19. The Balaban J connectivity index is 1.81. The molecule has 5 nitrogen and oxygen atoms in total. The molecular formula is C18H19NO4. The average molecular weight is 313 g/mol. The van der Waals surface area contributed by atoms with Crippen LogP contribution in [-0.2, 0) is 9.53 Å². The maximum atomic E-state index is 12.4. The molecule has 1 amide bonds. The molecule has 1 fully saturated rings. The SMILES string of the molecule is COc1ccc(C(=O)O[C@@H](C)C(=O)NC2CC2)c2ccccc12. The molecule has 0 bridgehead atoms. The number of esters is 1. The van der Waals surface area contributed by atoms with Crippen molar-refractivity contribution in [1.29, 1.82) is 0 Å². The van der Waals surface area contributed by atoms with Gasteiger partial charge >= 0.3 is 5.97 Å². The Labute approximate surface area is 134 Å². The van der Waals surface area contributed by atoms with Crippen molar-refractivity contribution in [3.8, 4) is 5.75 Å². The molecule has 1 aliphatic carbocycles. The van der Waals surface area contributed by atoms with E-state index in [-0.39, 0.29) is 11.9 Å². The number of carbonyl (C=O) groups excluding carboxylic acids is 2. The third-order valence-corrected chi connectivity index (χ3v) is 3.90. The normalized spacial score (nSPS) is 15.0. The molecule has 0 heterocycles. The van der Waals surface area contributed by atoms with E-state index in [1.54, 1.807) is 26.2 Å². The topological polar surface area (TPSA) is 64.6 Å². The van der Waals surface area contributed by atoms with E-state index in [0.717, 1.165) is 23.6 Å². The van der Waals surface area contributed by atoms with E-state index in [9.17, 15) is 9.59 Å². The minimum Gasteiger partial charge on any atom is -0.496 e. The highest BCUT2D eigenvalue weighted by molar-refractivity contribution is 6.06. The average Bonchev–Trinajstić information content (AvgIpc) is 3.37. The molecule has 0 aliphatic heterocycles. The monoisotopic (exact) mass is 313 g/mol. The molecule has 1 saturated carbocycles. The second-order valence-electron chi connectivity index (χ2n) is 5.69. The first-order valence-electron chi connectivity index (χ1n) is 7.67. The maximum Gasteiger partial charge on any atom is 0.339 e. The molecule has 2 aromatic rings. The minimum atomic E-state index is -0.816. The van der Waals surface area contributed by atoms with Gasteiger partial charge in [0.15, 0.2) is 6.10 Å². The van der Waals surface area contributed by atoms with Gasteiger partial charge in [0, 0.05) is 11.4 Å². The van der Waals surface area contributed by atoms with Crippen molar-refractivity contribution >= 4 is 22.6 Å². The van der Waals surface area contributed by atoms with Crippen molar-refractivity contribution in [2.45, 2.75) is 31.9 Å². The van der Waals surface area contributed by atoms with E-state index in [2.05, 4.69) is 5.32 Å². The van der Waals surface area contributed by atoms with E-state index in [4.69, 9.17) is 9.47 Å². The fraction of sp³-hybridized carbons (Fsp3) is 0.333. The molecule has 1 N–H and O–H groups in total. The number of rotatable bonds is 5. The van der Waals surface area contributed by atoms with Gasteiger partial charge in [-0.05, 0) is 37.3 Å². The quantitative estimate of drug-likeness (QED) is 0.862. The summed E-state index contributed by atoms with van der Waals surface area (Å²) in [6.45, 7) is 1.58. The molecule has 0 saturated heterocycles. The number of ether oxygens (including phenoxy) is 2. The van der Waals surface area contributed by atoms with E-state index in [1.807, 2.05) is 24.3 Å². The fourth-order valence-corrected chi connectivity index (χ4v) is 2.45. The maximum absolute atomic E-state index is 12.4. The van der Waals surface area contributed by atoms with E-state index >= 15 is 0 Å². The van der Waals surface area contributed by atoms with Crippen LogP contribution in [0.3, 0.4) is 0 Å². The molecule has 0 unspecified atom stereocenters. The highest BCUT2D eigenvalue weighted by Gasteiger charge is 2.27. The van der Waals surface area contributed by atoms with E-state index < -0.39 is 12.1 Å². The van der Waals surface area contributed by atoms with Gasteiger partial charge in [-0.1, -0.05) is 24.3 Å². The minimum absolute atomic E-state index is 0.241. The van der Waals surface area contributed by atoms with Crippen molar-refractivity contribution in [3.63, 3.8) is 0 Å². The smallest absolute Gasteiger partial charge is 0.339 e. The zero-order valence-corrected chi connectivity index (χ0v) is 13.2. The number of nitrogens with one attached hydrogen (secondary N) is 1. The predicted molar refractivity (Wildman–Crippen MR) is 86.5 cm³/mol. The molecule has 0 spiro atoms. The number of hydrogen-bond donors (Lipinski definition) is 1. The third-order valence-electron chi connectivity index (χ3n) is 3.90. The highest BCUT2D eigenvalue weighted by Crippen LogP contribution is 2.29. The summed E-state index contributed by atoms with van der Waals surface area (Å²) in [4.78, 5) is 24.3. The zero-order valence-electron chi connectivity index (χ0n) is 13.2. The molecular weight excluding hydrogens is 294 g/mol. The summed E-state index contributed by atoms with van der Waals surface area (Å²) in [5.41, 5.74) is 0.424. The molecule has 23 heavy (non-hydrogen) atoms. The predicted octanol–water partition coefficient (Wildman–Crippen LogP) is 2.67. The molecule has 5 heteroatoms. The van der Waals surface area contributed by atoms with Gasteiger partial charge in [-0.3, -0.25) is 4.79 Å². The molecule has 0 radical (unpaired) electrons. The molecule has 2 aromatic carbocycles. The van der Waals surface area contributed by atoms with Gasteiger partial charge in [0.1, 0.15) is 5.75 Å². The summed E-state index contributed by atoms with van der Waals surface area (Å²) in [7, 11) is 1.59. The van der Waals surface area contributed by atoms with Gasteiger partial charge in [-0.2, -0.15) is 0 Å². The highest BCUT2D eigenvalue weighted by atomic mass is 16.5. The van der Waals surface area contributed by atoms with Gasteiger partial charge in [-0.15, -0.1) is 0 Å². The second kappa shape index (κ2) is 6.28. The van der Waals surface area contributed by atoms with Gasteiger partial charge in [0.05, 0.1) is 12.7 Å². The van der Waals surface area contributed by atoms with Crippen LogP contribution in [0.25, 0.3) is 10.8 Å². The van der Waals surface area contributed by atoms with Crippen LogP contribution in [0.2, 0.25) is 0 Å². The number of carbonyl (C=O) groups is 2. The first kappa shape index (κ1) is 15.3. The van der Waals surface area contributed by atoms with Crippen LogP contribution in [0.5, 0.6) is 5.75 Å². The van der Waals surface area contributed by atoms with Crippen molar-refractivity contribution < 1.29 is 19.1 Å². The Morgan fingerprint density at radius 2 is 1.83 bits per heavy atom. The first-order valence-corrected chi connectivity index (χ1v) is 7.67. The molecule has 3 rings (SSSR count). The number of fused-ring (bicyclic) bond motifs is 1. The number of amides is 1. The van der Waals surface area contributed by atoms with Crippen molar-refractivity contribution in [2.24, 2.45) is 0 Å². The summed E-state index contributed by atoms with van der Waals surface area (Å²) in [5.74, 6) is -0.0716. The molecule has 0 aromatic heterocycles. The van der Waals surface area contributed by atoms with Crippen LogP contribution in [0.15, 0.2) is 36.4 Å². The lowest BCUT2D eigenvalue weighted by molar-refractivity contribution is -0.129. The molecule has 1 atom stereocenters. The van der Waals surface area contributed by atoms with Crippen LogP contribution < -0.4 is 10.1 Å². The van der Waals surface area contributed by atoms with Gasteiger partial charge in [-0.25, -0.2) is 4.79 Å². The molecule has 120 valence electrons. The van der Waals surface area contributed by atoms with Gasteiger partial charge in [0.25, 0.3) is 5.91 Å². The number of hydrogen-bond acceptors (Lipinski definition) is 4. The first-order chi connectivity index (χ1) is 11.1. The second-order valence-corrected chi connectivity index (χ2v) is 5.69. The van der Waals surface area contributed by atoms with Gasteiger partial charge < -0.3 is 14.8 Å². The zero-order chi connectivity index (χ0) is 16.4. The lowest BCUT2D eigenvalue weighted by atomic mass is 10.0. The number of benzene rings is 2. The van der Waals surface area contributed by atoms with Crippen LogP contribution in [0.4, 0.5) is 0 Å². The van der Waals surface area contributed by atoms with Crippen LogP contribution in [0, 0.1) is 0 Å². The Bertz CT molecular complexity index is 752. The van der Waals surface area contributed by atoms with Gasteiger partial charge in [0.2, 0.25) is 0 Å². The Hall–Kier alpha value is -2.56. The Morgan fingerprint density at radius 3 is 2.48 bits per heavy atom. The lowest BCUT2D eigenvalue weighted by Gasteiger charge is -2.15. The molecule has 1 aliphatic rings. The standard InChI is InChI=1S/C18H19NO4/c1-11(17(20)19-12-7-8-12)23-18(21)15-9-10-16(22-2)14-6-4-3-5-13(14)15/h3-6,9-12H,7-8H2,1-2H3,(H,19,20)/t11-/m0/s1. The summed E-state index contributed by atoms with van der Waals surface area (Å²) >= 11 is 0. The van der Waals surface area contributed by atoms with Crippen LogP contribution in [-0.4, -0.2) is 31.1 Å². The van der Waals surface area contributed by atoms with Crippen LogP contribution in [0.1, 0.15) is 30.1 Å². The Morgan fingerprint density at radius 1 is 1.13 bits per heavy atom. The summed E-state index contributed by atoms with van der Waals surface area (Å²) in [5, 5.41) is 4.40. The van der Waals surface area contributed by atoms with Crippen molar-refractivity contribution in [2.75, 3.05) is 7.11 Å². The summed E-state index contributed by atoms with van der Waals surface area (Å²) in [6, 6.07) is 11.1. The third kappa shape index (κ3) is 3.28. The van der Waals surface area contributed by atoms with Crippen molar-refractivity contribution in [1.82, 2.24) is 5.32 Å². The summed E-state index contributed by atoms with van der Waals surface area (Å²) < 4.78 is 10.6. The van der Waals surface area contributed by atoms with E-state index in [0.29, 0.717) is 11.3 Å². The lowest BCUT2D eigenvalue weighted by Crippen LogP contribution is -2.37. The van der Waals surface area contributed by atoms with E-state index in [1.165, 1.54) is 0 Å². The number of methoxy groups -OCH3 is 1.